The molecule has 20 heavy (non-hydrogen) atoms. The van der Waals surface area contributed by atoms with E-state index in [4.69, 9.17) is 0 Å². The van der Waals surface area contributed by atoms with E-state index in [0.29, 0.717) is 12.5 Å². The van der Waals surface area contributed by atoms with Gasteiger partial charge < -0.3 is 10.2 Å². The summed E-state index contributed by atoms with van der Waals surface area (Å²) >= 11 is 0. The van der Waals surface area contributed by atoms with Gasteiger partial charge in [0.25, 0.3) is 0 Å². The number of nitro groups is 1. The van der Waals surface area contributed by atoms with Crippen molar-refractivity contribution < 1.29 is 9.31 Å². The van der Waals surface area contributed by atoms with E-state index in [-0.39, 0.29) is 5.69 Å². The lowest BCUT2D eigenvalue weighted by Gasteiger charge is -2.20. The molecule has 1 aromatic carbocycles. The van der Waals surface area contributed by atoms with Crippen LogP contribution in [0.15, 0.2) is 18.2 Å². The van der Waals surface area contributed by atoms with Crippen molar-refractivity contribution in [1.29, 1.82) is 0 Å². The van der Waals surface area contributed by atoms with Crippen molar-refractivity contribution in [3.8, 4) is 0 Å². The first-order valence-electron chi connectivity index (χ1n) is 6.97. The van der Waals surface area contributed by atoms with E-state index < -0.39 is 16.4 Å². The Morgan fingerprint density at radius 2 is 2.15 bits per heavy atom. The summed E-state index contributed by atoms with van der Waals surface area (Å²) in [5.74, 6) is -0.442. The lowest BCUT2D eigenvalue weighted by molar-refractivity contribution is -0.386. The molecule has 1 heterocycles. The van der Waals surface area contributed by atoms with Gasteiger partial charge in [-0.1, -0.05) is 13.0 Å². The molecule has 1 fully saturated rings. The van der Waals surface area contributed by atoms with E-state index in [2.05, 4.69) is 17.1 Å². The second-order valence-electron chi connectivity index (χ2n) is 5.39. The highest BCUT2D eigenvalue weighted by molar-refractivity contribution is 5.61. The Hall–Kier alpha value is -1.69. The van der Waals surface area contributed by atoms with E-state index in [1.165, 1.54) is 18.9 Å². The van der Waals surface area contributed by atoms with Crippen molar-refractivity contribution in [3.63, 3.8) is 0 Å². The summed E-state index contributed by atoms with van der Waals surface area (Å²) in [6.07, 6.45) is 2.49. The summed E-state index contributed by atoms with van der Waals surface area (Å²) in [7, 11) is 0. The monoisotopic (exact) mass is 281 g/mol. The predicted octanol–water partition coefficient (Wildman–Crippen LogP) is 2.88. The Balaban J connectivity index is 1.93. The number of nitrogens with one attached hydrogen (secondary N) is 1. The van der Waals surface area contributed by atoms with Crippen molar-refractivity contribution >= 4 is 11.4 Å². The molecule has 110 valence electrons. The van der Waals surface area contributed by atoms with Crippen LogP contribution in [0.2, 0.25) is 0 Å². The lowest BCUT2D eigenvalue weighted by atomic mass is 10.1. The first-order valence-corrected chi connectivity index (χ1v) is 6.97. The summed E-state index contributed by atoms with van der Waals surface area (Å²) < 4.78 is 13.5. The maximum Gasteiger partial charge on any atom is 0.327 e. The minimum atomic E-state index is -0.799. The number of nitrogens with zero attached hydrogens (tertiary/aromatic N) is 2. The number of rotatable bonds is 6. The second-order valence-corrected chi connectivity index (χ2v) is 5.39. The van der Waals surface area contributed by atoms with Crippen LogP contribution in [0, 0.1) is 21.8 Å². The molecule has 1 atom stereocenters. The normalized spacial score (nSPS) is 17.1. The van der Waals surface area contributed by atoms with Crippen molar-refractivity contribution in [3.05, 3.63) is 34.1 Å². The van der Waals surface area contributed by atoms with E-state index in [0.717, 1.165) is 25.7 Å². The summed E-state index contributed by atoms with van der Waals surface area (Å²) in [5, 5.41) is 13.9. The van der Waals surface area contributed by atoms with Crippen molar-refractivity contribution in [1.82, 2.24) is 4.90 Å². The molecule has 0 saturated carbocycles. The lowest BCUT2D eigenvalue weighted by Crippen LogP contribution is -2.29. The van der Waals surface area contributed by atoms with E-state index in [9.17, 15) is 14.5 Å². The average molecular weight is 281 g/mol. The third kappa shape index (κ3) is 3.66. The SMILES string of the molecule is CC(CNc1cccc(F)c1[N+](=O)[O-])CN1CCCC1. The van der Waals surface area contributed by atoms with Crippen molar-refractivity contribution in [2.45, 2.75) is 19.8 Å². The Morgan fingerprint density at radius 1 is 1.45 bits per heavy atom. The van der Waals surface area contributed by atoms with Gasteiger partial charge in [0, 0.05) is 13.1 Å². The molecule has 6 heteroatoms. The number of anilines is 1. The molecule has 0 aliphatic carbocycles. The van der Waals surface area contributed by atoms with Crippen LogP contribution in [-0.4, -0.2) is 36.0 Å². The fourth-order valence-corrected chi connectivity index (χ4v) is 2.60. The summed E-state index contributed by atoms with van der Waals surface area (Å²) in [4.78, 5) is 12.6. The molecule has 0 amide bonds. The smallest absolute Gasteiger partial charge is 0.327 e. The van der Waals surface area contributed by atoms with Gasteiger partial charge >= 0.3 is 5.69 Å². The summed E-state index contributed by atoms with van der Waals surface area (Å²) in [5.41, 5.74) is -0.218. The van der Waals surface area contributed by atoms with Gasteiger partial charge in [-0.3, -0.25) is 10.1 Å². The molecule has 0 bridgehead atoms. The maximum atomic E-state index is 13.5. The van der Waals surface area contributed by atoms with Crippen LogP contribution in [0.3, 0.4) is 0 Å². The molecular weight excluding hydrogens is 261 g/mol. The zero-order valence-electron chi connectivity index (χ0n) is 11.6. The third-order valence-electron chi connectivity index (χ3n) is 3.58. The Bertz CT molecular complexity index is 475. The number of nitro benzene ring substituents is 1. The molecule has 1 aliphatic heterocycles. The Labute approximate surface area is 117 Å². The zero-order valence-corrected chi connectivity index (χ0v) is 11.6. The third-order valence-corrected chi connectivity index (χ3v) is 3.58. The van der Waals surface area contributed by atoms with E-state index >= 15 is 0 Å². The van der Waals surface area contributed by atoms with Gasteiger partial charge in [-0.25, -0.2) is 0 Å². The number of benzene rings is 1. The van der Waals surface area contributed by atoms with Crippen LogP contribution in [0.1, 0.15) is 19.8 Å². The Kier molecular flexibility index (Phi) is 4.89. The van der Waals surface area contributed by atoms with Crippen LogP contribution < -0.4 is 5.32 Å². The number of likely N-dealkylation sites (tertiary alicyclic amines) is 1. The van der Waals surface area contributed by atoms with Gasteiger partial charge in [-0.05, 0) is 44.0 Å². The van der Waals surface area contributed by atoms with Crippen LogP contribution in [0.25, 0.3) is 0 Å². The van der Waals surface area contributed by atoms with Gasteiger partial charge in [-0.2, -0.15) is 4.39 Å². The molecule has 1 unspecified atom stereocenters. The largest absolute Gasteiger partial charge is 0.379 e. The number of hydrogen-bond acceptors (Lipinski definition) is 4. The van der Waals surface area contributed by atoms with E-state index in [1.807, 2.05) is 0 Å². The first kappa shape index (κ1) is 14.7. The summed E-state index contributed by atoms with van der Waals surface area (Å²) in [6, 6.07) is 4.14. The van der Waals surface area contributed by atoms with Gasteiger partial charge in [0.2, 0.25) is 5.82 Å². The van der Waals surface area contributed by atoms with Crippen molar-refractivity contribution in [2.75, 3.05) is 31.5 Å². The van der Waals surface area contributed by atoms with Crippen LogP contribution >= 0.6 is 0 Å². The second kappa shape index (κ2) is 6.65. The number of hydrogen-bond donors (Lipinski definition) is 1. The highest BCUT2D eigenvalue weighted by Crippen LogP contribution is 2.27. The van der Waals surface area contributed by atoms with Gasteiger partial charge in [-0.15, -0.1) is 0 Å². The number of halogens is 1. The number of para-hydroxylation sites is 1. The first-order chi connectivity index (χ1) is 9.58. The molecule has 1 saturated heterocycles. The Morgan fingerprint density at radius 3 is 2.80 bits per heavy atom. The topological polar surface area (TPSA) is 58.4 Å². The minimum absolute atomic E-state index is 0.253. The quantitative estimate of drug-likeness (QED) is 0.643. The van der Waals surface area contributed by atoms with Crippen LogP contribution in [0.5, 0.6) is 0 Å². The van der Waals surface area contributed by atoms with Crippen LogP contribution in [-0.2, 0) is 0 Å². The minimum Gasteiger partial charge on any atom is -0.379 e. The fraction of sp³-hybridized carbons (Fsp3) is 0.571. The van der Waals surface area contributed by atoms with Crippen molar-refractivity contribution in [2.24, 2.45) is 5.92 Å². The zero-order chi connectivity index (χ0) is 14.5. The molecule has 2 rings (SSSR count). The highest BCUT2D eigenvalue weighted by atomic mass is 19.1. The van der Waals surface area contributed by atoms with E-state index in [1.54, 1.807) is 6.07 Å². The molecule has 5 nitrogen and oxygen atoms in total. The standard InChI is InChI=1S/C14H20FN3O2/c1-11(10-17-7-2-3-8-17)9-16-13-6-4-5-12(15)14(13)18(19)20/h4-6,11,16H,2-3,7-10H2,1H3. The van der Waals surface area contributed by atoms with Gasteiger partial charge in [0.05, 0.1) is 4.92 Å². The highest BCUT2D eigenvalue weighted by Gasteiger charge is 2.20. The predicted molar refractivity (Wildman–Crippen MR) is 76.4 cm³/mol. The van der Waals surface area contributed by atoms with Crippen LogP contribution in [0.4, 0.5) is 15.8 Å². The molecule has 1 aromatic rings. The molecule has 0 aromatic heterocycles. The molecule has 1 aliphatic rings. The van der Waals surface area contributed by atoms with Gasteiger partial charge in [0.1, 0.15) is 5.69 Å². The molecule has 0 radical (unpaired) electrons. The average Bonchev–Trinajstić information content (AvgIpc) is 2.88. The van der Waals surface area contributed by atoms with Gasteiger partial charge in [0.15, 0.2) is 0 Å². The molecule has 0 spiro atoms. The maximum absolute atomic E-state index is 13.5. The molecule has 1 N–H and O–H groups in total. The summed E-state index contributed by atoms with van der Waals surface area (Å²) in [6.45, 7) is 5.92. The molecular formula is C14H20FN3O2. The fourth-order valence-electron chi connectivity index (χ4n) is 2.60.